The normalized spacial score (nSPS) is 14.3. The van der Waals surface area contributed by atoms with Gasteiger partial charge in [-0.2, -0.15) is 4.98 Å². The Hall–Kier alpha value is -3.95. The van der Waals surface area contributed by atoms with Crippen LogP contribution in [-0.4, -0.2) is 33.5 Å². The van der Waals surface area contributed by atoms with Gasteiger partial charge >= 0.3 is 0 Å². The number of benzene rings is 3. The van der Waals surface area contributed by atoms with Crippen molar-refractivity contribution in [1.82, 2.24) is 14.8 Å². The van der Waals surface area contributed by atoms with Crippen molar-refractivity contribution in [3.05, 3.63) is 99.7 Å². The summed E-state index contributed by atoms with van der Waals surface area (Å²) in [4.78, 5) is 18.6. The predicted molar refractivity (Wildman–Crippen MR) is 169 cm³/mol. The zero-order valence-electron chi connectivity index (χ0n) is 24.1. The number of thioether (sulfide) groups is 1. The first-order valence-electron chi connectivity index (χ1n) is 13.9. The Bertz CT molecular complexity index is 1620. The molecule has 42 heavy (non-hydrogen) atoms. The molecule has 2 heterocycles. The maximum absolute atomic E-state index is 13.9. The Morgan fingerprint density at radius 2 is 1.93 bits per heavy atom. The number of aromatic nitrogens is 3. The van der Waals surface area contributed by atoms with Crippen LogP contribution in [0.5, 0.6) is 11.5 Å². The first-order valence-corrected chi connectivity index (χ1v) is 15.2. The van der Waals surface area contributed by atoms with Crippen LogP contribution in [0.3, 0.4) is 0 Å². The highest BCUT2D eigenvalue weighted by atomic mass is 35.5. The Balaban J connectivity index is 1.51. The van der Waals surface area contributed by atoms with E-state index in [9.17, 15) is 4.79 Å². The molecule has 0 saturated heterocycles. The standard InChI is InChI=1S/C32H34ClN5O3S/c1-5-6-16-42-32-36-31-34-21(3)28(30(39)35-24-12-9-10-20(2)17-24)29(38(31)37-32)22-14-15-26(27(18-22)40-4)41-19-23-11-7-8-13-25(23)33/h7-15,17-18,29H,5-6,16,19H2,1-4H3,(H,35,39)(H,34,36,37). The number of ether oxygens (including phenoxy) is 2. The molecular formula is C32H34ClN5O3S. The molecule has 0 aliphatic carbocycles. The summed E-state index contributed by atoms with van der Waals surface area (Å²) in [5, 5.41) is 12.5. The lowest BCUT2D eigenvalue weighted by Gasteiger charge is -2.29. The molecular weight excluding hydrogens is 570 g/mol. The molecule has 2 N–H and O–H groups in total. The average molecular weight is 604 g/mol. The zero-order valence-corrected chi connectivity index (χ0v) is 25.7. The van der Waals surface area contributed by atoms with Crippen molar-refractivity contribution < 1.29 is 14.3 Å². The first kappa shape index (κ1) is 29.5. The van der Waals surface area contributed by atoms with E-state index in [2.05, 4.69) is 17.6 Å². The van der Waals surface area contributed by atoms with Crippen LogP contribution in [0, 0.1) is 6.92 Å². The summed E-state index contributed by atoms with van der Waals surface area (Å²) >= 11 is 7.94. The predicted octanol–water partition coefficient (Wildman–Crippen LogP) is 7.65. The number of allylic oxidation sites excluding steroid dienone is 1. The molecule has 8 nitrogen and oxygen atoms in total. The minimum Gasteiger partial charge on any atom is -0.493 e. The van der Waals surface area contributed by atoms with Crippen molar-refractivity contribution in [2.75, 3.05) is 23.5 Å². The van der Waals surface area contributed by atoms with E-state index < -0.39 is 6.04 Å². The topological polar surface area (TPSA) is 90.3 Å². The number of amides is 1. The Morgan fingerprint density at radius 1 is 1.10 bits per heavy atom. The highest BCUT2D eigenvalue weighted by molar-refractivity contribution is 7.99. The number of rotatable bonds is 11. The summed E-state index contributed by atoms with van der Waals surface area (Å²) < 4.78 is 13.6. The number of nitrogens with one attached hydrogen (secondary N) is 2. The monoisotopic (exact) mass is 603 g/mol. The van der Waals surface area contributed by atoms with Crippen molar-refractivity contribution in [3.63, 3.8) is 0 Å². The second-order valence-electron chi connectivity index (χ2n) is 10.0. The number of anilines is 2. The minimum absolute atomic E-state index is 0.227. The molecule has 0 radical (unpaired) electrons. The summed E-state index contributed by atoms with van der Waals surface area (Å²) in [7, 11) is 1.60. The van der Waals surface area contributed by atoms with Crippen LogP contribution in [-0.2, 0) is 11.4 Å². The SMILES string of the molecule is CCCCSc1nc2n(n1)C(c1ccc(OCc3ccccc3Cl)c(OC)c1)C(C(=O)Nc1cccc(C)c1)=C(C)N2. The fraction of sp³-hybridized carbons (Fsp3) is 0.281. The van der Waals surface area contributed by atoms with Crippen molar-refractivity contribution in [2.24, 2.45) is 0 Å². The van der Waals surface area contributed by atoms with Gasteiger partial charge in [-0.05, 0) is 61.7 Å². The van der Waals surface area contributed by atoms with Gasteiger partial charge < -0.3 is 20.1 Å². The Morgan fingerprint density at radius 3 is 2.69 bits per heavy atom. The third-order valence-electron chi connectivity index (χ3n) is 6.93. The van der Waals surface area contributed by atoms with Gasteiger partial charge in [0.1, 0.15) is 12.6 Å². The van der Waals surface area contributed by atoms with Gasteiger partial charge in [0.2, 0.25) is 11.1 Å². The zero-order chi connectivity index (χ0) is 29.6. The van der Waals surface area contributed by atoms with Crippen LogP contribution in [0.4, 0.5) is 11.6 Å². The quantitative estimate of drug-likeness (QED) is 0.134. The molecule has 1 atom stereocenters. The van der Waals surface area contributed by atoms with Crippen LogP contribution >= 0.6 is 23.4 Å². The summed E-state index contributed by atoms with van der Waals surface area (Å²) in [5.74, 6) is 2.38. The number of hydrogen-bond donors (Lipinski definition) is 2. The summed E-state index contributed by atoms with van der Waals surface area (Å²) in [6.07, 6.45) is 2.16. The van der Waals surface area contributed by atoms with Gasteiger partial charge in [-0.25, -0.2) is 4.68 Å². The maximum Gasteiger partial charge on any atom is 0.255 e. The molecule has 1 aliphatic heterocycles. The molecule has 1 amide bonds. The second kappa shape index (κ2) is 13.4. The molecule has 1 unspecified atom stereocenters. The van der Waals surface area contributed by atoms with Gasteiger partial charge in [0.25, 0.3) is 5.91 Å². The molecule has 0 saturated carbocycles. The minimum atomic E-state index is -0.550. The number of carbonyl (C=O) groups is 1. The van der Waals surface area contributed by atoms with E-state index in [1.165, 1.54) is 0 Å². The van der Waals surface area contributed by atoms with Gasteiger partial charge in [0, 0.05) is 27.7 Å². The fourth-order valence-electron chi connectivity index (χ4n) is 4.77. The number of halogens is 1. The number of carbonyl (C=O) groups excluding carboxylic acids is 1. The van der Waals surface area contributed by atoms with E-state index in [0.29, 0.717) is 38.9 Å². The fourth-order valence-corrected chi connectivity index (χ4v) is 5.87. The molecule has 1 aromatic heterocycles. The largest absolute Gasteiger partial charge is 0.493 e. The number of hydrogen-bond acceptors (Lipinski definition) is 7. The lowest BCUT2D eigenvalue weighted by atomic mass is 9.94. The smallest absolute Gasteiger partial charge is 0.255 e. The van der Waals surface area contributed by atoms with Crippen molar-refractivity contribution in [2.45, 2.75) is 51.4 Å². The Kier molecular flexibility index (Phi) is 9.39. The Labute approximate surface area is 255 Å². The molecule has 0 bridgehead atoms. The second-order valence-corrected chi connectivity index (χ2v) is 11.5. The van der Waals surface area contributed by atoms with Crippen molar-refractivity contribution in [3.8, 4) is 11.5 Å². The summed E-state index contributed by atoms with van der Waals surface area (Å²) in [6.45, 7) is 6.33. The van der Waals surface area contributed by atoms with Gasteiger partial charge in [-0.15, -0.1) is 5.10 Å². The van der Waals surface area contributed by atoms with Crippen molar-refractivity contribution in [1.29, 1.82) is 0 Å². The lowest BCUT2D eigenvalue weighted by Crippen LogP contribution is -2.31. The number of nitrogens with zero attached hydrogens (tertiary/aromatic N) is 3. The van der Waals surface area contributed by atoms with Crippen LogP contribution in [0.25, 0.3) is 0 Å². The van der Waals surface area contributed by atoms with Gasteiger partial charge in [-0.1, -0.05) is 73.1 Å². The molecule has 4 aromatic rings. The van der Waals surface area contributed by atoms with E-state index >= 15 is 0 Å². The summed E-state index contributed by atoms with van der Waals surface area (Å²) in [5.41, 5.74) is 4.70. The molecule has 0 spiro atoms. The number of unbranched alkanes of at least 4 members (excludes halogenated alkanes) is 1. The van der Waals surface area contributed by atoms with E-state index in [-0.39, 0.29) is 12.5 Å². The number of aryl methyl sites for hydroxylation is 1. The average Bonchev–Trinajstić information content (AvgIpc) is 3.38. The lowest BCUT2D eigenvalue weighted by molar-refractivity contribution is -0.113. The molecule has 1 aliphatic rings. The van der Waals surface area contributed by atoms with E-state index in [1.54, 1.807) is 23.6 Å². The molecule has 0 fully saturated rings. The van der Waals surface area contributed by atoms with Crippen LogP contribution < -0.4 is 20.1 Å². The van der Waals surface area contributed by atoms with Crippen LogP contribution in [0.2, 0.25) is 5.02 Å². The third-order valence-corrected chi connectivity index (χ3v) is 8.22. The third kappa shape index (κ3) is 6.58. The number of methoxy groups -OCH3 is 1. The molecule has 218 valence electrons. The molecule has 10 heteroatoms. The van der Waals surface area contributed by atoms with Crippen molar-refractivity contribution >= 4 is 40.9 Å². The van der Waals surface area contributed by atoms with E-state index in [4.69, 9.17) is 31.2 Å². The van der Waals surface area contributed by atoms with Gasteiger partial charge in [0.15, 0.2) is 11.5 Å². The van der Waals surface area contributed by atoms with E-state index in [0.717, 1.165) is 41.0 Å². The highest BCUT2D eigenvalue weighted by Gasteiger charge is 2.35. The van der Waals surface area contributed by atoms with Gasteiger partial charge in [-0.3, -0.25) is 4.79 Å². The van der Waals surface area contributed by atoms with Gasteiger partial charge in [0.05, 0.1) is 12.7 Å². The molecule has 3 aromatic carbocycles. The summed E-state index contributed by atoms with van der Waals surface area (Å²) in [6, 6.07) is 20.4. The van der Waals surface area contributed by atoms with Crippen LogP contribution in [0.15, 0.2) is 83.2 Å². The maximum atomic E-state index is 13.9. The highest BCUT2D eigenvalue weighted by Crippen LogP contribution is 2.40. The first-order chi connectivity index (χ1) is 20.4. The van der Waals surface area contributed by atoms with Crippen LogP contribution in [0.1, 0.15) is 49.4 Å². The molecule has 5 rings (SSSR count). The van der Waals surface area contributed by atoms with E-state index in [1.807, 2.05) is 80.6 Å². The number of fused-ring (bicyclic) bond motifs is 1.